The van der Waals surface area contributed by atoms with Crippen molar-refractivity contribution >= 4 is 10.9 Å². The summed E-state index contributed by atoms with van der Waals surface area (Å²) in [4.78, 5) is 3.54. The Bertz CT molecular complexity index is 1200. The Morgan fingerprint density at radius 2 is 1.52 bits per heavy atom. The van der Waals surface area contributed by atoms with Crippen molar-refractivity contribution in [1.82, 2.24) is 4.98 Å². The molecule has 0 aliphatic carbocycles. The molecule has 1 atom stereocenters. The van der Waals surface area contributed by atoms with Crippen LogP contribution in [0.4, 0.5) is 0 Å². The lowest BCUT2D eigenvalue weighted by molar-refractivity contribution is 0.475. The maximum absolute atomic E-state index is 10.6. The fraction of sp³-hybridized carbons (Fsp3) is 0.250. The number of benzene rings is 3. The van der Waals surface area contributed by atoms with E-state index in [-0.39, 0.29) is 5.75 Å². The van der Waals surface area contributed by atoms with Crippen molar-refractivity contribution in [3.05, 3.63) is 100 Å². The van der Waals surface area contributed by atoms with Crippen LogP contribution in [0, 0.1) is 25.2 Å². The Morgan fingerprint density at radius 1 is 0.903 bits per heavy atom. The lowest BCUT2D eigenvalue weighted by Gasteiger charge is -2.29. The Kier molecular flexibility index (Phi) is 5.57. The number of aromatic amines is 1. The van der Waals surface area contributed by atoms with Gasteiger partial charge in [-0.15, -0.1) is 0 Å². The zero-order valence-corrected chi connectivity index (χ0v) is 18.4. The molecule has 2 N–H and O–H groups in total. The van der Waals surface area contributed by atoms with Gasteiger partial charge in [0.25, 0.3) is 0 Å². The van der Waals surface area contributed by atoms with E-state index in [4.69, 9.17) is 0 Å². The fourth-order valence-corrected chi connectivity index (χ4v) is 4.51. The molecule has 0 aliphatic rings. The highest BCUT2D eigenvalue weighted by molar-refractivity contribution is 5.86. The predicted octanol–water partition coefficient (Wildman–Crippen LogP) is 6.69. The van der Waals surface area contributed by atoms with Gasteiger partial charge in [-0.1, -0.05) is 67.4 Å². The van der Waals surface area contributed by atoms with Crippen molar-refractivity contribution in [2.45, 2.75) is 45.4 Å². The number of rotatable bonds is 6. The molecule has 4 rings (SSSR count). The highest BCUT2D eigenvalue weighted by atomic mass is 16.3. The molecule has 0 bridgehead atoms. The van der Waals surface area contributed by atoms with Crippen LogP contribution in [-0.2, 0) is 11.8 Å². The van der Waals surface area contributed by atoms with Crippen LogP contribution in [0.25, 0.3) is 10.9 Å². The van der Waals surface area contributed by atoms with Crippen LogP contribution >= 0.6 is 0 Å². The lowest BCUT2D eigenvalue weighted by Crippen LogP contribution is -2.27. The summed E-state index contributed by atoms with van der Waals surface area (Å²) in [5.41, 5.74) is 6.47. The van der Waals surface area contributed by atoms with Crippen LogP contribution < -0.4 is 0 Å². The van der Waals surface area contributed by atoms with Gasteiger partial charge < -0.3 is 10.1 Å². The number of aromatic hydroxyl groups is 1. The summed E-state index contributed by atoms with van der Waals surface area (Å²) >= 11 is 0. The van der Waals surface area contributed by atoms with Crippen molar-refractivity contribution < 1.29 is 5.11 Å². The number of H-pyrrole nitrogens is 1. The molecule has 1 unspecified atom stereocenters. The standard InChI is InChI=1S/C28H28N2O/c1-4-5-6-25-20(3)30-27-17-23(13-16-26(25)27)28(18-29,21-9-7-19(2)8-10-21)22-11-14-24(31)15-12-22/h7-17,30-31H,4-6H2,1-3H3. The number of phenolic OH excluding ortho intramolecular Hbond substituents is 1. The molecule has 156 valence electrons. The quantitative estimate of drug-likeness (QED) is 0.349. The number of unbranched alkanes of at least 4 members (excludes halogenated alkanes) is 1. The summed E-state index contributed by atoms with van der Waals surface area (Å²) in [6, 6.07) is 24.1. The maximum atomic E-state index is 10.6. The van der Waals surface area contributed by atoms with Crippen molar-refractivity contribution in [2.24, 2.45) is 0 Å². The lowest BCUT2D eigenvalue weighted by atomic mass is 9.70. The van der Waals surface area contributed by atoms with Crippen molar-refractivity contribution in [3.63, 3.8) is 0 Å². The number of hydrogen-bond acceptors (Lipinski definition) is 2. The third-order valence-corrected chi connectivity index (χ3v) is 6.29. The smallest absolute Gasteiger partial charge is 0.132 e. The molecule has 0 amide bonds. The van der Waals surface area contributed by atoms with Gasteiger partial charge in [0, 0.05) is 16.6 Å². The number of nitriles is 1. The van der Waals surface area contributed by atoms with E-state index >= 15 is 0 Å². The van der Waals surface area contributed by atoms with Gasteiger partial charge in [0.2, 0.25) is 0 Å². The van der Waals surface area contributed by atoms with Crippen LogP contribution in [-0.4, -0.2) is 10.1 Å². The molecule has 0 saturated carbocycles. The maximum Gasteiger partial charge on any atom is 0.132 e. The van der Waals surface area contributed by atoms with Crippen molar-refractivity contribution in [2.75, 3.05) is 0 Å². The third kappa shape index (κ3) is 3.59. The number of fused-ring (bicyclic) bond motifs is 1. The first kappa shape index (κ1) is 20.8. The molecule has 0 saturated heterocycles. The Labute approximate surface area is 184 Å². The van der Waals surface area contributed by atoms with Gasteiger partial charge in [-0.3, -0.25) is 0 Å². The first-order chi connectivity index (χ1) is 15.0. The first-order valence-electron chi connectivity index (χ1n) is 10.9. The molecule has 0 aliphatic heterocycles. The zero-order valence-electron chi connectivity index (χ0n) is 18.4. The number of phenols is 1. The minimum absolute atomic E-state index is 0.190. The van der Waals surface area contributed by atoms with Gasteiger partial charge in [0.05, 0.1) is 6.07 Å². The van der Waals surface area contributed by atoms with Gasteiger partial charge in [-0.05, 0) is 67.1 Å². The second-order valence-corrected chi connectivity index (χ2v) is 8.37. The minimum Gasteiger partial charge on any atom is -0.508 e. The summed E-state index contributed by atoms with van der Waals surface area (Å²) in [5, 5.41) is 21.7. The van der Waals surface area contributed by atoms with E-state index in [9.17, 15) is 10.4 Å². The molecule has 1 heterocycles. The topological polar surface area (TPSA) is 59.8 Å². The molecule has 31 heavy (non-hydrogen) atoms. The number of hydrogen-bond donors (Lipinski definition) is 2. The normalized spacial score (nSPS) is 13.1. The van der Waals surface area contributed by atoms with Crippen molar-refractivity contribution in [3.8, 4) is 11.8 Å². The molecule has 3 aromatic carbocycles. The third-order valence-electron chi connectivity index (χ3n) is 6.29. The Hall–Kier alpha value is -3.51. The van der Waals surface area contributed by atoms with E-state index in [1.807, 2.05) is 43.3 Å². The van der Waals surface area contributed by atoms with E-state index in [0.717, 1.165) is 47.0 Å². The van der Waals surface area contributed by atoms with Gasteiger partial charge in [0.15, 0.2) is 0 Å². The average molecular weight is 409 g/mol. The number of nitrogens with one attached hydrogen (secondary N) is 1. The first-order valence-corrected chi connectivity index (χ1v) is 10.9. The van der Waals surface area contributed by atoms with Crippen LogP contribution in [0.2, 0.25) is 0 Å². The van der Waals surface area contributed by atoms with Gasteiger partial charge in [-0.25, -0.2) is 0 Å². The van der Waals surface area contributed by atoms with E-state index in [0.29, 0.717) is 0 Å². The van der Waals surface area contributed by atoms with Crippen LogP contribution in [0.3, 0.4) is 0 Å². The van der Waals surface area contributed by atoms with Crippen molar-refractivity contribution in [1.29, 1.82) is 5.26 Å². The average Bonchev–Trinajstić information content (AvgIpc) is 3.09. The zero-order chi connectivity index (χ0) is 22.0. The minimum atomic E-state index is -0.974. The summed E-state index contributed by atoms with van der Waals surface area (Å²) in [6.07, 6.45) is 3.38. The summed E-state index contributed by atoms with van der Waals surface area (Å²) in [6.45, 7) is 6.38. The van der Waals surface area contributed by atoms with E-state index in [1.165, 1.54) is 16.6 Å². The fourth-order valence-electron chi connectivity index (χ4n) is 4.51. The molecule has 0 fully saturated rings. The summed E-state index contributed by atoms with van der Waals surface area (Å²) < 4.78 is 0. The predicted molar refractivity (Wildman–Crippen MR) is 126 cm³/mol. The van der Waals surface area contributed by atoms with Gasteiger partial charge in [-0.2, -0.15) is 5.26 Å². The number of nitrogens with zero attached hydrogens (tertiary/aromatic N) is 1. The summed E-state index contributed by atoms with van der Waals surface area (Å²) in [5.74, 6) is 0.190. The highest BCUT2D eigenvalue weighted by Crippen LogP contribution is 2.41. The van der Waals surface area contributed by atoms with Crippen LogP contribution in [0.1, 0.15) is 53.3 Å². The van der Waals surface area contributed by atoms with E-state index < -0.39 is 5.41 Å². The SMILES string of the molecule is CCCCc1c(C)[nH]c2cc(C(C#N)(c3ccc(C)cc3)c3ccc(O)cc3)ccc12. The molecule has 1 aromatic heterocycles. The second kappa shape index (κ2) is 8.32. The molecular formula is C28H28N2O. The van der Waals surface area contributed by atoms with Gasteiger partial charge >= 0.3 is 0 Å². The van der Waals surface area contributed by atoms with Crippen LogP contribution in [0.15, 0.2) is 66.7 Å². The monoisotopic (exact) mass is 408 g/mol. The second-order valence-electron chi connectivity index (χ2n) is 8.37. The van der Waals surface area contributed by atoms with E-state index in [1.54, 1.807) is 12.1 Å². The molecule has 0 spiro atoms. The Morgan fingerprint density at radius 3 is 2.13 bits per heavy atom. The number of aromatic nitrogens is 1. The molecule has 3 nitrogen and oxygen atoms in total. The van der Waals surface area contributed by atoms with E-state index in [2.05, 4.69) is 43.1 Å². The van der Waals surface area contributed by atoms with Crippen LogP contribution in [0.5, 0.6) is 5.75 Å². The molecule has 4 aromatic rings. The molecular weight excluding hydrogens is 380 g/mol. The Balaban J connectivity index is 1.95. The molecule has 0 radical (unpaired) electrons. The largest absolute Gasteiger partial charge is 0.508 e. The molecule has 3 heteroatoms. The highest BCUT2D eigenvalue weighted by Gasteiger charge is 2.37. The number of aryl methyl sites for hydroxylation is 3. The summed E-state index contributed by atoms with van der Waals surface area (Å²) in [7, 11) is 0. The van der Waals surface area contributed by atoms with Gasteiger partial charge in [0.1, 0.15) is 11.2 Å².